The maximum atomic E-state index is 13.6. The van der Waals surface area contributed by atoms with Gasteiger partial charge in [-0.2, -0.15) is 11.3 Å². The monoisotopic (exact) mass is 279 g/mol. The number of nitrogen functional groups attached to an aromatic ring is 1. The molecule has 2 heterocycles. The van der Waals surface area contributed by atoms with Crippen LogP contribution >= 0.6 is 11.3 Å². The largest absolute Gasteiger partial charge is 0.369 e. The highest BCUT2D eigenvalue weighted by Gasteiger charge is 2.14. The van der Waals surface area contributed by atoms with Crippen LogP contribution in [0, 0.1) is 18.6 Å². The van der Waals surface area contributed by atoms with Crippen molar-refractivity contribution in [2.45, 2.75) is 13.5 Å². The van der Waals surface area contributed by atoms with Gasteiger partial charge >= 0.3 is 0 Å². The Morgan fingerprint density at radius 2 is 2.11 bits per heavy atom. The maximum Gasteiger partial charge on any atom is 0.201 e. The molecule has 0 saturated carbocycles. The van der Waals surface area contributed by atoms with E-state index in [1.807, 2.05) is 17.7 Å². The Balaban J connectivity index is 2.18. The van der Waals surface area contributed by atoms with E-state index >= 15 is 0 Å². The summed E-state index contributed by atoms with van der Waals surface area (Å²) in [6.07, 6.45) is 0. The summed E-state index contributed by atoms with van der Waals surface area (Å²) in [7, 11) is 0. The number of nitrogens with two attached hydrogens (primary N) is 1. The molecule has 3 aromatic rings. The van der Waals surface area contributed by atoms with E-state index in [0.29, 0.717) is 12.1 Å². The molecule has 0 radical (unpaired) electrons. The summed E-state index contributed by atoms with van der Waals surface area (Å²) < 4.78 is 28.6. The lowest BCUT2D eigenvalue weighted by Crippen LogP contribution is -2.04. The van der Waals surface area contributed by atoms with Gasteiger partial charge in [0.05, 0.1) is 12.1 Å². The number of hydrogen-bond donors (Lipinski definition) is 1. The topological polar surface area (TPSA) is 43.8 Å². The summed E-state index contributed by atoms with van der Waals surface area (Å²) in [5.41, 5.74) is 8.48. The molecular formula is C13H11F2N3S. The lowest BCUT2D eigenvalue weighted by molar-refractivity contribution is 0.590. The number of halogens is 2. The Hall–Kier alpha value is -1.95. The number of aromatic nitrogens is 2. The Kier molecular flexibility index (Phi) is 2.74. The van der Waals surface area contributed by atoms with Crippen LogP contribution in [0.15, 0.2) is 22.9 Å². The molecule has 0 fully saturated rings. The van der Waals surface area contributed by atoms with Gasteiger partial charge in [0.1, 0.15) is 11.3 Å². The predicted octanol–water partition coefficient (Wildman–Crippen LogP) is 3.31. The number of nitrogens with zero attached hydrogens (tertiary/aromatic N) is 2. The summed E-state index contributed by atoms with van der Waals surface area (Å²) in [4.78, 5) is 3.97. The van der Waals surface area contributed by atoms with Crippen LogP contribution in [0.2, 0.25) is 0 Å². The average molecular weight is 279 g/mol. The molecule has 2 N–H and O–H groups in total. The summed E-state index contributed by atoms with van der Waals surface area (Å²) in [5.74, 6) is -1.14. The Bertz CT molecular complexity index is 761. The average Bonchev–Trinajstić information content (AvgIpc) is 2.87. The van der Waals surface area contributed by atoms with Crippen LogP contribution in [0.25, 0.3) is 11.0 Å². The molecule has 0 atom stereocenters. The zero-order valence-corrected chi connectivity index (χ0v) is 11.0. The highest BCUT2D eigenvalue weighted by atomic mass is 32.1. The predicted molar refractivity (Wildman–Crippen MR) is 72.2 cm³/mol. The zero-order valence-electron chi connectivity index (χ0n) is 10.2. The van der Waals surface area contributed by atoms with Gasteiger partial charge < -0.3 is 10.3 Å². The van der Waals surface area contributed by atoms with Gasteiger partial charge in [0, 0.05) is 12.1 Å². The second-order valence-electron chi connectivity index (χ2n) is 4.39. The van der Waals surface area contributed by atoms with Crippen LogP contribution in [0.4, 0.5) is 14.7 Å². The summed E-state index contributed by atoms with van der Waals surface area (Å²) in [6.45, 7) is 2.45. The van der Waals surface area contributed by atoms with E-state index in [1.165, 1.54) is 6.07 Å². The minimum Gasteiger partial charge on any atom is -0.369 e. The molecule has 0 unspecified atom stereocenters. The first-order valence-corrected chi connectivity index (χ1v) is 6.63. The normalized spacial score (nSPS) is 11.3. The number of aryl methyl sites for hydroxylation is 1. The highest BCUT2D eigenvalue weighted by Crippen LogP contribution is 2.24. The maximum absolute atomic E-state index is 13.6. The molecule has 19 heavy (non-hydrogen) atoms. The fourth-order valence-electron chi connectivity index (χ4n) is 2.05. The molecule has 3 rings (SSSR count). The fourth-order valence-corrected chi connectivity index (χ4v) is 2.90. The van der Waals surface area contributed by atoms with Crippen molar-refractivity contribution in [3.05, 3.63) is 45.7 Å². The van der Waals surface area contributed by atoms with Gasteiger partial charge in [0.25, 0.3) is 0 Å². The van der Waals surface area contributed by atoms with Crippen molar-refractivity contribution in [2.75, 3.05) is 5.73 Å². The van der Waals surface area contributed by atoms with Gasteiger partial charge in [-0.3, -0.25) is 0 Å². The standard InChI is InChI=1S/C13H11F2N3S/c1-7-5-19-6-8(7)4-18-11-3-9(14)2-10(15)12(11)17-13(18)16/h2-3,5-6H,4H2,1H3,(H2,16,17). The van der Waals surface area contributed by atoms with Crippen molar-refractivity contribution >= 4 is 28.3 Å². The van der Waals surface area contributed by atoms with E-state index in [-0.39, 0.29) is 11.5 Å². The van der Waals surface area contributed by atoms with Crippen molar-refractivity contribution < 1.29 is 8.78 Å². The van der Waals surface area contributed by atoms with Crippen molar-refractivity contribution in [2.24, 2.45) is 0 Å². The molecule has 0 amide bonds. The van der Waals surface area contributed by atoms with E-state index in [1.54, 1.807) is 15.9 Å². The van der Waals surface area contributed by atoms with E-state index in [4.69, 9.17) is 5.73 Å². The van der Waals surface area contributed by atoms with E-state index in [0.717, 1.165) is 17.2 Å². The van der Waals surface area contributed by atoms with Gasteiger partial charge in [-0.1, -0.05) is 0 Å². The third-order valence-corrected chi connectivity index (χ3v) is 4.00. The fraction of sp³-hybridized carbons (Fsp3) is 0.154. The SMILES string of the molecule is Cc1cscc1Cn1c(N)nc2c(F)cc(F)cc21. The van der Waals surface area contributed by atoms with Crippen molar-refractivity contribution in [3.8, 4) is 0 Å². The molecule has 6 heteroatoms. The molecule has 2 aromatic heterocycles. The van der Waals surface area contributed by atoms with E-state index < -0.39 is 11.6 Å². The smallest absolute Gasteiger partial charge is 0.201 e. The van der Waals surface area contributed by atoms with Crippen LogP contribution in [0.3, 0.4) is 0 Å². The molecule has 0 spiro atoms. The number of hydrogen-bond acceptors (Lipinski definition) is 3. The quantitative estimate of drug-likeness (QED) is 0.782. The minimum atomic E-state index is -0.692. The van der Waals surface area contributed by atoms with Crippen LogP contribution in [-0.4, -0.2) is 9.55 Å². The molecule has 0 aliphatic carbocycles. The number of imidazole rings is 1. The first-order chi connectivity index (χ1) is 9.06. The molecule has 0 aliphatic heterocycles. The van der Waals surface area contributed by atoms with Crippen molar-refractivity contribution in [3.63, 3.8) is 0 Å². The summed E-state index contributed by atoms with van der Waals surface area (Å²) in [5, 5.41) is 4.02. The number of benzene rings is 1. The van der Waals surface area contributed by atoms with E-state index in [2.05, 4.69) is 4.98 Å². The summed E-state index contributed by atoms with van der Waals surface area (Å²) >= 11 is 1.58. The van der Waals surface area contributed by atoms with Gasteiger partial charge in [-0.25, -0.2) is 13.8 Å². The number of rotatable bonds is 2. The second kappa shape index (κ2) is 4.31. The minimum absolute atomic E-state index is 0.104. The highest BCUT2D eigenvalue weighted by molar-refractivity contribution is 7.08. The molecule has 3 nitrogen and oxygen atoms in total. The van der Waals surface area contributed by atoms with Crippen LogP contribution in [-0.2, 0) is 6.54 Å². The number of anilines is 1. The lowest BCUT2D eigenvalue weighted by Gasteiger charge is -2.06. The van der Waals surface area contributed by atoms with Crippen LogP contribution in [0.1, 0.15) is 11.1 Å². The molecule has 1 aromatic carbocycles. The molecule has 0 aliphatic rings. The van der Waals surface area contributed by atoms with Gasteiger partial charge in [0.15, 0.2) is 5.82 Å². The van der Waals surface area contributed by atoms with Gasteiger partial charge in [-0.15, -0.1) is 0 Å². The Morgan fingerprint density at radius 1 is 1.32 bits per heavy atom. The van der Waals surface area contributed by atoms with Crippen LogP contribution in [0.5, 0.6) is 0 Å². The van der Waals surface area contributed by atoms with E-state index in [9.17, 15) is 8.78 Å². The number of thiophene rings is 1. The molecule has 0 saturated heterocycles. The number of fused-ring (bicyclic) bond motifs is 1. The zero-order chi connectivity index (χ0) is 13.6. The first kappa shape index (κ1) is 12.1. The first-order valence-electron chi connectivity index (χ1n) is 5.68. The second-order valence-corrected chi connectivity index (χ2v) is 5.14. The Morgan fingerprint density at radius 3 is 2.79 bits per heavy atom. The molecule has 0 bridgehead atoms. The van der Waals surface area contributed by atoms with Gasteiger partial charge in [-0.05, 0) is 28.8 Å². The van der Waals surface area contributed by atoms with Gasteiger partial charge in [0.2, 0.25) is 5.95 Å². The van der Waals surface area contributed by atoms with Crippen molar-refractivity contribution in [1.82, 2.24) is 9.55 Å². The third kappa shape index (κ3) is 1.98. The lowest BCUT2D eigenvalue weighted by atomic mass is 10.2. The van der Waals surface area contributed by atoms with Crippen LogP contribution < -0.4 is 5.73 Å². The third-order valence-electron chi connectivity index (χ3n) is 3.09. The molecule has 98 valence electrons. The molecular weight excluding hydrogens is 268 g/mol. The van der Waals surface area contributed by atoms with Crippen molar-refractivity contribution in [1.29, 1.82) is 0 Å². The summed E-state index contributed by atoms with van der Waals surface area (Å²) in [6, 6.07) is 2.07. The Labute approximate surface area is 112 Å².